The third-order valence-corrected chi connectivity index (χ3v) is 6.46. The maximum Gasteiger partial charge on any atom is 0.264 e. The van der Waals surface area contributed by atoms with Gasteiger partial charge in [0.2, 0.25) is 0 Å². The molecule has 28 heavy (non-hydrogen) atoms. The van der Waals surface area contributed by atoms with Crippen LogP contribution in [0.5, 0.6) is 5.75 Å². The molecular formula is C21H24N4O2S. The number of aromatic nitrogens is 2. The number of nitrogens with zero attached hydrogens (tertiary/aromatic N) is 4. The Balaban J connectivity index is 1.50. The van der Waals surface area contributed by atoms with Crippen LogP contribution < -0.4 is 9.64 Å². The van der Waals surface area contributed by atoms with Crippen molar-refractivity contribution >= 4 is 33.1 Å². The average Bonchev–Trinajstić information content (AvgIpc) is 3.04. The molecule has 0 aliphatic carbocycles. The number of ether oxygens (including phenoxy) is 1. The number of methoxy groups -OCH3 is 1. The van der Waals surface area contributed by atoms with Crippen molar-refractivity contribution in [1.29, 1.82) is 0 Å². The number of hydrogen-bond donors (Lipinski definition) is 0. The van der Waals surface area contributed by atoms with E-state index in [1.54, 1.807) is 7.11 Å². The molecule has 1 aliphatic heterocycles. The second-order valence-electron chi connectivity index (χ2n) is 7.07. The number of hydrogen-bond acceptors (Lipinski definition) is 6. The molecule has 7 heteroatoms. The van der Waals surface area contributed by atoms with E-state index in [1.807, 2.05) is 37.8 Å². The number of piperazine rings is 1. The highest BCUT2D eigenvalue weighted by Gasteiger charge is 2.26. The lowest BCUT2D eigenvalue weighted by Gasteiger charge is -2.36. The van der Waals surface area contributed by atoms with E-state index in [4.69, 9.17) is 4.74 Å². The van der Waals surface area contributed by atoms with Gasteiger partial charge < -0.3 is 14.5 Å². The first-order valence-corrected chi connectivity index (χ1v) is 10.2. The quantitative estimate of drug-likeness (QED) is 0.677. The Morgan fingerprint density at radius 1 is 1.04 bits per heavy atom. The zero-order valence-electron chi connectivity index (χ0n) is 16.7. The van der Waals surface area contributed by atoms with Gasteiger partial charge in [0, 0.05) is 42.9 Å². The van der Waals surface area contributed by atoms with Gasteiger partial charge in [-0.25, -0.2) is 9.97 Å². The smallest absolute Gasteiger partial charge is 0.264 e. The van der Waals surface area contributed by atoms with Crippen molar-refractivity contribution in [2.75, 3.05) is 38.2 Å². The van der Waals surface area contributed by atoms with Crippen LogP contribution in [0.2, 0.25) is 0 Å². The van der Waals surface area contributed by atoms with Gasteiger partial charge in [-0.05, 0) is 50.6 Å². The lowest BCUT2D eigenvalue weighted by atomic mass is 10.1. The molecule has 3 aromatic rings. The molecule has 1 amide bonds. The molecule has 146 valence electrons. The van der Waals surface area contributed by atoms with Gasteiger partial charge in [-0.2, -0.15) is 0 Å². The Kier molecular flexibility index (Phi) is 4.93. The van der Waals surface area contributed by atoms with E-state index in [0.717, 1.165) is 56.7 Å². The van der Waals surface area contributed by atoms with Gasteiger partial charge in [0.25, 0.3) is 5.91 Å². The van der Waals surface area contributed by atoms with Crippen molar-refractivity contribution in [3.8, 4) is 5.75 Å². The normalized spacial score (nSPS) is 14.6. The summed E-state index contributed by atoms with van der Waals surface area (Å²) in [5.74, 6) is 1.71. The van der Waals surface area contributed by atoms with Gasteiger partial charge in [0.05, 0.1) is 12.0 Å². The molecule has 0 radical (unpaired) electrons. The maximum absolute atomic E-state index is 13.2. The second kappa shape index (κ2) is 7.39. The number of carbonyl (C=O) groups is 1. The minimum atomic E-state index is 0.104. The van der Waals surface area contributed by atoms with Crippen molar-refractivity contribution in [3.63, 3.8) is 0 Å². The van der Waals surface area contributed by atoms with Crippen molar-refractivity contribution in [1.82, 2.24) is 14.9 Å². The Hall–Kier alpha value is -2.67. The molecule has 0 spiro atoms. The van der Waals surface area contributed by atoms with Crippen LogP contribution in [-0.2, 0) is 0 Å². The molecule has 3 heterocycles. The topological polar surface area (TPSA) is 58.6 Å². The van der Waals surface area contributed by atoms with E-state index >= 15 is 0 Å². The van der Waals surface area contributed by atoms with Crippen LogP contribution >= 0.6 is 11.3 Å². The summed E-state index contributed by atoms with van der Waals surface area (Å²) in [6.45, 7) is 8.94. The van der Waals surface area contributed by atoms with Crippen molar-refractivity contribution in [3.05, 3.63) is 46.2 Å². The predicted octanol–water partition coefficient (Wildman–Crippen LogP) is 3.59. The molecule has 1 aliphatic rings. The van der Waals surface area contributed by atoms with E-state index < -0.39 is 0 Å². The molecule has 0 atom stereocenters. The molecule has 0 saturated carbocycles. The van der Waals surface area contributed by atoms with Crippen molar-refractivity contribution in [2.24, 2.45) is 0 Å². The predicted molar refractivity (Wildman–Crippen MR) is 113 cm³/mol. The molecule has 0 bridgehead atoms. The third-order valence-electron chi connectivity index (χ3n) is 5.28. The molecule has 1 saturated heterocycles. The summed E-state index contributed by atoms with van der Waals surface area (Å²) in [6.07, 6.45) is 0. The molecule has 6 nitrogen and oxygen atoms in total. The van der Waals surface area contributed by atoms with Gasteiger partial charge in [-0.15, -0.1) is 11.3 Å². The molecule has 1 fully saturated rings. The van der Waals surface area contributed by atoms with Gasteiger partial charge in [0.1, 0.15) is 16.4 Å². The highest BCUT2D eigenvalue weighted by molar-refractivity contribution is 7.20. The standard InChI is InChI=1S/C21H24N4O2S/c1-13-18-14(2)22-15(3)23-20(18)28-19(13)21(26)25-11-9-24(10-12-25)16-5-7-17(27-4)8-6-16/h5-8H,9-12H2,1-4H3. The number of amides is 1. The van der Waals surface area contributed by atoms with Crippen LogP contribution in [0.4, 0.5) is 5.69 Å². The van der Waals surface area contributed by atoms with E-state index in [9.17, 15) is 4.79 Å². The summed E-state index contributed by atoms with van der Waals surface area (Å²) >= 11 is 1.49. The summed E-state index contributed by atoms with van der Waals surface area (Å²) in [6, 6.07) is 8.07. The number of thiophene rings is 1. The van der Waals surface area contributed by atoms with Crippen LogP contribution in [0, 0.1) is 20.8 Å². The summed E-state index contributed by atoms with van der Waals surface area (Å²) in [5, 5.41) is 1.02. The monoisotopic (exact) mass is 396 g/mol. The van der Waals surface area contributed by atoms with Crippen LogP contribution in [0.3, 0.4) is 0 Å². The lowest BCUT2D eigenvalue weighted by molar-refractivity contribution is 0.0751. The Labute approximate surface area is 168 Å². The van der Waals surface area contributed by atoms with Crippen LogP contribution in [0.15, 0.2) is 24.3 Å². The highest BCUT2D eigenvalue weighted by atomic mass is 32.1. The summed E-state index contributed by atoms with van der Waals surface area (Å²) in [4.78, 5) is 28.1. The highest BCUT2D eigenvalue weighted by Crippen LogP contribution is 2.32. The fourth-order valence-corrected chi connectivity index (χ4v) is 5.03. The number of anilines is 1. The number of aryl methyl sites for hydroxylation is 3. The average molecular weight is 397 g/mol. The van der Waals surface area contributed by atoms with Crippen LogP contribution in [0.1, 0.15) is 26.8 Å². The zero-order valence-corrected chi connectivity index (χ0v) is 17.5. The number of rotatable bonds is 3. The molecule has 1 aromatic carbocycles. The number of fused-ring (bicyclic) bond motifs is 1. The first-order valence-electron chi connectivity index (χ1n) is 9.40. The Morgan fingerprint density at radius 2 is 1.71 bits per heavy atom. The summed E-state index contributed by atoms with van der Waals surface area (Å²) < 4.78 is 5.23. The van der Waals surface area contributed by atoms with Gasteiger partial charge >= 0.3 is 0 Å². The van der Waals surface area contributed by atoms with E-state index in [0.29, 0.717) is 13.1 Å². The summed E-state index contributed by atoms with van der Waals surface area (Å²) in [7, 11) is 1.67. The van der Waals surface area contributed by atoms with Gasteiger partial charge in [-0.3, -0.25) is 4.79 Å². The second-order valence-corrected chi connectivity index (χ2v) is 8.07. The fourth-order valence-electron chi connectivity index (χ4n) is 3.78. The minimum absolute atomic E-state index is 0.104. The van der Waals surface area contributed by atoms with E-state index in [-0.39, 0.29) is 5.91 Å². The first-order chi connectivity index (χ1) is 13.5. The van der Waals surface area contributed by atoms with Crippen molar-refractivity contribution in [2.45, 2.75) is 20.8 Å². The molecular weight excluding hydrogens is 372 g/mol. The largest absolute Gasteiger partial charge is 0.497 e. The summed E-state index contributed by atoms with van der Waals surface area (Å²) in [5.41, 5.74) is 3.10. The Morgan fingerprint density at radius 3 is 2.36 bits per heavy atom. The lowest BCUT2D eigenvalue weighted by Crippen LogP contribution is -2.48. The molecule has 2 aromatic heterocycles. The SMILES string of the molecule is COc1ccc(N2CCN(C(=O)c3sc4nc(C)nc(C)c4c3C)CC2)cc1. The minimum Gasteiger partial charge on any atom is -0.497 e. The zero-order chi connectivity index (χ0) is 19.8. The van der Waals surface area contributed by atoms with E-state index in [1.165, 1.54) is 11.3 Å². The van der Waals surface area contributed by atoms with Gasteiger partial charge in [-0.1, -0.05) is 0 Å². The molecule has 0 N–H and O–H groups in total. The van der Waals surface area contributed by atoms with E-state index in [2.05, 4.69) is 27.0 Å². The maximum atomic E-state index is 13.2. The Bertz CT molecular complexity index is 1020. The number of benzene rings is 1. The van der Waals surface area contributed by atoms with Crippen molar-refractivity contribution < 1.29 is 9.53 Å². The van der Waals surface area contributed by atoms with Crippen LogP contribution in [0.25, 0.3) is 10.2 Å². The third kappa shape index (κ3) is 3.30. The molecule has 4 rings (SSSR count). The molecule has 0 unspecified atom stereocenters. The van der Waals surface area contributed by atoms with Crippen LogP contribution in [-0.4, -0.2) is 54.1 Å². The van der Waals surface area contributed by atoms with Gasteiger partial charge in [0.15, 0.2) is 0 Å². The fraction of sp³-hybridized carbons (Fsp3) is 0.381. The first kappa shape index (κ1) is 18.7. The number of carbonyl (C=O) groups excluding carboxylic acids is 1.